The van der Waals surface area contributed by atoms with Crippen LogP contribution in [-0.4, -0.2) is 51.8 Å². The molecule has 0 aromatic heterocycles. The minimum atomic E-state index is -0.639. The zero-order valence-electron chi connectivity index (χ0n) is 11.4. The number of rotatable bonds is 8. The molecule has 7 heteroatoms. The van der Waals surface area contributed by atoms with Crippen molar-refractivity contribution in [1.82, 2.24) is 5.32 Å². The van der Waals surface area contributed by atoms with Crippen LogP contribution in [-0.2, 0) is 23.7 Å². The molecule has 1 fully saturated rings. The van der Waals surface area contributed by atoms with Crippen molar-refractivity contribution in [3.05, 3.63) is 0 Å². The van der Waals surface area contributed by atoms with Crippen molar-refractivity contribution in [2.45, 2.75) is 20.3 Å². The second-order valence-electron chi connectivity index (χ2n) is 4.72. The number of ether oxygens (including phenoxy) is 4. The Morgan fingerprint density at radius 2 is 2.05 bits per heavy atom. The Balaban J connectivity index is 1.98. The summed E-state index contributed by atoms with van der Waals surface area (Å²) in [6.45, 7) is 5.62. The molecule has 0 bridgehead atoms. The largest absolute Gasteiger partial charge is 0.508 e. The van der Waals surface area contributed by atoms with Crippen LogP contribution in [0.5, 0.6) is 0 Å². The van der Waals surface area contributed by atoms with Crippen LogP contribution in [0.3, 0.4) is 0 Å². The van der Waals surface area contributed by atoms with Gasteiger partial charge >= 0.3 is 6.16 Å². The smallest absolute Gasteiger partial charge is 0.433 e. The van der Waals surface area contributed by atoms with Gasteiger partial charge in [-0.1, -0.05) is 13.8 Å². The maximum absolute atomic E-state index is 10.9. The summed E-state index contributed by atoms with van der Waals surface area (Å²) in [5, 5.41) is 2.69. The average molecular weight is 275 g/mol. The van der Waals surface area contributed by atoms with Gasteiger partial charge in [0.25, 0.3) is 0 Å². The van der Waals surface area contributed by atoms with Crippen molar-refractivity contribution in [2.75, 3.05) is 39.8 Å². The molecule has 1 N–H and O–H groups in total. The second-order valence-corrected chi connectivity index (χ2v) is 4.72. The molecule has 1 rings (SSSR count). The van der Waals surface area contributed by atoms with Gasteiger partial charge in [-0.05, 0) is 0 Å². The molecule has 0 atom stereocenters. The third-order valence-electron chi connectivity index (χ3n) is 2.58. The van der Waals surface area contributed by atoms with Gasteiger partial charge in [-0.3, -0.25) is 4.79 Å². The van der Waals surface area contributed by atoms with Crippen LogP contribution < -0.4 is 5.32 Å². The predicted octanol–water partition coefficient (Wildman–Crippen LogP) is 0.676. The molecule has 1 aliphatic rings. The summed E-state index contributed by atoms with van der Waals surface area (Å²) in [5.74, 6) is -0.00167. The van der Waals surface area contributed by atoms with E-state index in [1.165, 1.54) is 0 Å². The highest BCUT2D eigenvalue weighted by Gasteiger charge is 2.33. The van der Waals surface area contributed by atoms with Gasteiger partial charge in [0.15, 0.2) is 0 Å². The van der Waals surface area contributed by atoms with Gasteiger partial charge in [-0.15, -0.1) is 0 Å². The van der Waals surface area contributed by atoms with Crippen LogP contribution in [0.4, 0.5) is 4.79 Å². The monoisotopic (exact) mass is 275 g/mol. The van der Waals surface area contributed by atoms with E-state index in [1.54, 1.807) is 6.92 Å². The van der Waals surface area contributed by atoms with Crippen LogP contribution in [0.2, 0.25) is 0 Å². The SMILES string of the molecule is CCC(=O)NCCOCOCC1(C)COC(=O)OC1. The zero-order valence-corrected chi connectivity index (χ0v) is 11.4. The number of nitrogens with one attached hydrogen (secondary N) is 1. The molecule has 0 aromatic carbocycles. The molecule has 0 aliphatic carbocycles. The van der Waals surface area contributed by atoms with E-state index in [0.717, 1.165) is 0 Å². The summed E-state index contributed by atoms with van der Waals surface area (Å²) in [7, 11) is 0. The molecule has 0 aromatic rings. The molecule has 0 spiro atoms. The Morgan fingerprint density at radius 1 is 1.37 bits per heavy atom. The van der Waals surface area contributed by atoms with E-state index >= 15 is 0 Å². The lowest BCUT2D eigenvalue weighted by Crippen LogP contribution is -2.40. The minimum Gasteiger partial charge on any atom is -0.433 e. The van der Waals surface area contributed by atoms with Crippen molar-refractivity contribution in [3.63, 3.8) is 0 Å². The van der Waals surface area contributed by atoms with Crippen molar-refractivity contribution in [1.29, 1.82) is 0 Å². The first-order valence-electron chi connectivity index (χ1n) is 6.27. The zero-order chi connectivity index (χ0) is 14.1. The lowest BCUT2D eigenvalue weighted by atomic mass is 9.94. The normalized spacial score (nSPS) is 17.5. The first kappa shape index (κ1) is 15.7. The molecule has 7 nitrogen and oxygen atoms in total. The van der Waals surface area contributed by atoms with Gasteiger partial charge in [-0.2, -0.15) is 0 Å². The fourth-order valence-corrected chi connectivity index (χ4v) is 1.43. The summed E-state index contributed by atoms with van der Waals surface area (Å²) >= 11 is 0. The molecule has 1 aliphatic heterocycles. The molecule has 0 unspecified atom stereocenters. The Labute approximate surface area is 112 Å². The summed E-state index contributed by atoms with van der Waals surface area (Å²) in [6, 6.07) is 0. The summed E-state index contributed by atoms with van der Waals surface area (Å²) in [6.07, 6.45) is -0.173. The topological polar surface area (TPSA) is 83.1 Å². The highest BCUT2D eigenvalue weighted by Crippen LogP contribution is 2.22. The highest BCUT2D eigenvalue weighted by atomic mass is 16.7. The average Bonchev–Trinajstić information content (AvgIpc) is 2.41. The number of cyclic esters (lactones) is 2. The van der Waals surface area contributed by atoms with Gasteiger partial charge < -0.3 is 24.3 Å². The Morgan fingerprint density at radius 3 is 2.68 bits per heavy atom. The number of carbonyl (C=O) groups excluding carboxylic acids is 2. The molecular weight excluding hydrogens is 254 g/mol. The summed E-state index contributed by atoms with van der Waals surface area (Å²) in [5.41, 5.74) is -0.340. The van der Waals surface area contributed by atoms with Gasteiger partial charge in [-0.25, -0.2) is 4.79 Å². The van der Waals surface area contributed by atoms with Crippen LogP contribution in [0.15, 0.2) is 0 Å². The molecular formula is C12H21NO6. The Bertz CT molecular complexity index is 297. The van der Waals surface area contributed by atoms with Crippen molar-refractivity contribution in [3.8, 4) is 0 Å². The number of hydrogen-bond acceptors (Lipinski definition) is 6. The molecule has 19 heavy (non-hydrogen) atoms. The number of amides is 1. The van der Waals surface area contributed by atoms with Crippen molar-refractivity contribution >= 4 is 12.1 Å². The van der Waals surface area contributed by atoms with E-state index in [9.17, 15) is 9.59 Å². The van der Waals surface area contributed by atoms with Gasteiger partial charge in [0.05, 0.1) is 18.6 Å². The van der Waals surface area contributed by atoms with E-state index in [0.29, 0.717) is 26.2 Å². The summed E-state index contributed by atoms with van der Waals surface area (Å²) < 4.78 is 20.1. The van der Waals surface area contributed by atoms with E-state index in [-0.39, 0.29) is 31.3 Å². The molecule has 1 saturated heterocycles. The maximum atomic E-state index is 10.9. The maximum Gasteiger partial charge on any atom is 0.508 e. The third kappa shape index (κ3) is 6.40. The van der Waals surface area contributed by atoms with Gasteiger partial charge in [0.2, 0.25) is 5.91 Å². The fraction of sp³-hybridized carbons (Fsp3) is 0.833. The van der Waals surface area contributed by atoms with Crippen molar-refractivity contribution in [2.24, 2.45) is 5.41 Å². The van der Waals surface area contributed by atoms with E-state index in [1.807, 2.05) is 6.92 Å². The Hall–Kier alpha value is -1.34. The third-order valence-corrected chi connectivity index (χ3v) is 2.58. The van der Waals surface area contributed by atoms with E-state index in [4.69, 9.17) is 18.9 Å². The standard InChI is InChI=1S/C12H21NO6/c1-3-10(14)13-4-5-16-9-17-6-12(2)7-18-11(15)19-8-12/h3-9H2,1-2H3,(H,13,14). The van der Waals surface area contributed by atoms with Crippen LogP contribution in [0, 0.1) is 5.41 Å². The number of carbonyl (C=O) groups is 2. The first-order valence-corrected chi connectivity index (χ1v) is 6.27. The molecule has 1 amide bonds. The highest BCUT2D eigenvalue weighted by molar-refractivity contribution is 5.75. The summed E-state index contributed by atoms with van der Waals surface area (Å²) in [4.78, 5) is 21.7. The fourth-order valence-electron chi connectivity index (χ4n) is 1.43. The van der Waals surface area contributed by atoms with Gasteiger partial charge in [0, 0.05) is 13.0 Å². The van der Waals surface area contributed by atoms with Crippen LogP contribution in [0.25, 0.3) is 0 Å². The lowest BCUT2D eigenvalue weighted by molar-refractivity contribution is -0.126. The van der Waals surface area contributed by atoms with Gasteiger partial charge in [0.1, 0.15) is 20.0 Å². The lowest BCUT2D eigenvalue weighted by Gasteiger charge is -2.31. The number of hydrogen-bond donors (Lipinski definition) is 1. The first-order chi connectivity index (χ1) is 9.06. The molecule has 0 saturated carbocycles. The Kier molecular flexibility index (Phi) is 6.58. The quantitative estimate of drug-likeness (QED) is 0.398. The minimum absolute atomic E-state index is 0.00167. The van der Waals surface area contributed by atoms with Crippen LogP contribution in [0.1, 0.15) is 20.3 Å². The predicted molar refractivity (Wildman–Crippen MR) is 65.5 cm³/mol. The molecule has 0 radical (unpaired) electrons. The second kappa shape index (κ2) is 7.96. The van der Waals surface area contributed by atoms with E-state index < -0.39 is 6.16 Å². The van der Waals surface area contributed by atoms with Crippen molar-refractivity contribution < 1.29 is 28.5 Å². The molecule has 1 heterocycles. The van der Waals surface area contributed by atoms with E-state index in [2.05, 4.69) is 5.32 Å². The van der Waals surface area contributed by atoms with Crippen LogP contribution >= 0.6 is 0 Å². The molecule has 110 valence electrons.